The van der Waals surface area contributed by atoms with Crippen LogP contribution < -0.4 is 14.8 Å². The number of aromatic nitrogens is 2. The molecule has 1 aromatic heterocycles. The average Bonchev–Trinajstić information content (AvgIpc) is 2.90. The molecular weight excluding hydrogens is 290 g/mol. The van der Waals surface area contributed by atoms with Crippen molar-refractivity contribution in [3.8, 4) is 11.5 Å². The number of halogens is 1. The first-order valence-corrected chi connectivity index (χ1v) is 7.12. The molecule has 0 aliphatic heterocycles. The molecule has 0 radical (unpaired) electrons. The fraction of sp³-hybridized carbons (Fsp3) is 0.400. The molecular formula is C15H20ClN3O2. The number of rotatable bonds is 7. The molecule has 21 heavy (non-hydrogen) atoms. The smallest absolute Gasteiger partial charge is 0.179 e. The van der Waals surface area contributed by atoms with Crippen LogP contribution in [0.15, 0.2) is 24.4 Å². The first kappa shape index (κ1) is 15.7. The summed E-state index contributed by atoms with van der Waals surface area (Å²) in [6.07, 6.45) is 2.72. The first-order valence-electron chi connectivity index (χ1n) is 6.74. The summed E-state index contributed by atoms with van der Waals surface area (Å²) in [6.45, 7) is 1.53. The molecule has 0 amide bonds. The molecule has 0 aliphatic rings. The number of methoxy groups -OCH3 is 2. The summed E-state index contributed by atoms with van der Waals surface area (Å²) >= 11 is 6.34. The van der Waals surface area contributed by atoms with Gasteiger partial charge in [-0.05, 0) is 17.7 Å². The molecule has 2 aromatic rings. The Morgan fingerprint density at radius 2 is 2.05 bits per heavy atom. The van der Waals surface area contributed by atoms with Crippen molar-refractivity contribution in [3.05, 3.63) is 40.7 Å². The van der Waals surface area contributed by atoms with Crippen LogP contribution in [0.2, 0.25) is 5.02 Å². The molecule has 2 rings (SSSR count). The van der Waals surface area contributed by atoms with Gasteiger partial charge in [-0.2, -0.15) is 5.10 Å². The molecule has 0 unspecified atom stereocenters. The number of benzene rings is 1. The second kappa shape index (κ2) is 7.33. The van der Waals surface area contributed by atoms with E-state index in [1.165, 1.54) is 5.69 Å². The van der Waals surface area contributed by atoms with E-state index in [1.54, 1.807) is 20.4 Å². The van der Waals surface area contributed by atoms with Crippen molar-refractivity contribution in [3.63, 3.8) is 0 Å². The monoisotopic (exact) mass is 309 g/mol. The Labute approximate surface area is 129 Å². The standard InChI is InChI=1S/C15H20ClN3O2/c1-19-12(7-9-18-19)6-8-17-10-11-4-5-13(20-2)15(21-3)14(11)16/h4-5,7,9,17H,6,8,10H2,1-3H3. The van der Waals surface area contributed by atoms with E-state index in [0.717, 1.165) is 18.5 Å². The van der Waals surface area contributed by atoms with E-state index in [1.807, 2.05) is 29.9 Å². The predicted molar refractivity (Wildman–Crippen MR) is 83.2 cm³/mol. The summed E-state index contributed by atoms with van der Waals surface area (Å²) in [5, 5.41) is 8.11. The fourth-order valence-corrected chi connectivity index (χ4v) is 2.45. The van der Waals surface area contributed by atoms with Gasteiger partial charge in [-0.15, -0.1) is 0 Å². The van der Waals surface area contributed by atoms with E-state index >= 15 is 0 Å². The Hall–Kier alpha value is -1.72. The van der Waals surface area contributed by atoms with Gasteiger partial charge in [0.1, 0.15) is 0 Å². The molecule has 0 aliphatic carbocycles. The van der Waals surface area contributed by atoms with E-state index < -0.39 is 0 Å². The molecule has 6 heteroatoms. The SMILES string of the molecule is COc1ccc(CNCCc2ccnn2C)c(Cl)c1OC. The summed E-state index contributed by atoms with van der Waals surface area (Å²) in [5.74, 6) is 1.21. The first-order chi connectivity index (χ1) is 10.2. The second-order valence-electron chi connectivity index (χ2n) is 4.65. The summed E-state index contributed by atoms with van der Waals surface area (Å²) in [4.78, 5) is 0. The van der Waals surface area contributed by atoms with Crippen molar-refractivity contribution in [1.82, 2.24) is 15.1 Å². The van der Waals surface area contributed by atoms with Gasteiger partial charge < -0.3 is 14.8 Å². The number of ether oxygens (including phenoxy) is 2. The van der Waals surface area contributed by atoms with Crippen LogP contribution >= 0.6 is 11.6 Å². The summed E-state index contributed by atoms with van der Waals surface area (Å²) < 4.78 is 12.4. The minimum atomic E-state index is 0.574. The van der Waals surface area contributed by atoms with Crippen LogP contribution in [-0.4, -0.2) is 30.5 Å². The highest BCUT2D eigenvalue weighted by Gasteiger charge is 2.12. The zero-order valence-electron chi connectivity index (χ0n) is 12.5. The van der Waals surface area contributed by atoms with E-state index in [4.69, 9.17) is 21.1 Å². The van der Waals surface area contributed by atoms with Gasteiger partial charge in [-0.1, -0.05) is 17.7 Å². The van der Waals surface area contributed by atoms with Gasteiger partial charge in [0.05, 0.1) is 19.2 Å². The van der Waals surface area contributed by atoms with Crippen molar-refractivity contribution >= 4 is 11.6 Å². The number of nitrogens with one attached hydrogen (secondary N) is 1. The number of hydrogen-bond donors (Lipinski definition) is 1. The normalized spacial score (nSPS) is 10.7. The van der Waals surface area contributed by atoms with Gasteiger partial charge in [0.15, 0.2) is 11.5 Å². The third kappa shape index (κ3) is 3.68. The van der Waals surface area contributed by atoms with Crippen LogP contribution in [0.1, 0.15) is 11.3 Å². The van der Waals surface area contributed by atoms with Gasteiger partial charge in [0, 0.05) is 38.4 Å². The molecule has 0 saturated carbocycles. The molecule has 1 aromatic carbocycles. The number of aryl methyl sites for hydroxylation is 1. The van der Waals surface area contributed by atoms with Crippen LogP contribution in [0.25, 0.3) is 0 Å². The van der Waals surface area contributed by atoms with Crippen LogP contribution in [-0.2, 0) is 20.0 Å². The second-order valence-corrected chi connectivity index (χ2v) is 5.03. The Morgan fingerprint density at radius 3 is 2.67 bits per heavy atom. The zero-order chi connectivity index (χ0) is 15.2. The lowest BCUT2D eigenvalue weighted by Gasteiger charge is -2.13. The average molecular weight is 310 g/mol. The molecule has 0 atom stereocenters. The maximum atomic E-state index is 6.34. The molecule has 114 valence electrons. The van der Waals surface area contributed by atoms with E-state index in [-0.39, 0.29) is 0 Å². The predicted octanol–water partition coefficient (Wildman–Crippen LogP) is 2.42. The fourth-order valence-electron chi connectivity index (χ4n) is 2.15. The van der Waals surface area contributed by atoms with Gasteiger partial charge in [-0.25, -0.2) is 0 Å². The Kier molecular flexibility index (Phi) is 5.47. The molecule has 0 spiro atoms. The van der Waals surface area contributed by atoms with Gasteiger partial charge in [-0.3, -0.25) is 4.68 Å². The molecule has 0 saturated heterocycles. The lowest BCUT2D eigenvalue weighted by atomic mass is 10.2. The van der Waals surface area contributed by atoms with Crippen LogP contribution in [0, 0.1) is 0 Å². The highest BCUT2D eigenvalue weighted by molar-refractivity contribution is 6.33. The Bertz CT molecular complexity index is 599. The highest BCUT2D eigenvalue weighted by Crippen LogP contribution is 2.37. The Morgan fingerprint density at radius 1 is 1.24 bits per heavy atom. The molecule has 0 fully saturated rings. The molecule has 0 bridgehead atoms. The van der Waals surface area contributed by atoms with Gasteiger partial charge in [0.25, 0.3) is 0 Å². The number of hydrogen-bond acceptors (Lipinski definition) is 4. The molecule has 1 heterocycles. The Balaban J connectivity index is 1.93. The van der Waals surface area contributed by atoms with Crippen LogP contribution in [0.4, 0.5) is 0 Å². The maximum absolute atomic E-state index is 6.34. The third-order valence-electron chi connectivity index (χ3n) is 3.36. The minimum absolute atomic E-state index is 0.574. The number of nitrogens with zero attached hydrogens (tertiary/aromatic N) is 2. The summed E-state index contributed by atoms with van der Waals surface area (Å²) in [6, 6.07) is 5.83. The van der Waals surface area contributed by atoms with Crippen molar-refractivity contribution < 1.29 is 9.47 Å². The van der Waals surface area contributed by atoms with Crippen LogP contribution in [0.3, 0.4) is 0 Å². The maximum Gasteiger partial charge on any atom is 0.179 e. The van der Waals surface area contributed by atoms with E-state index in [9.17, 15) is 0 Å². The van der Waals surface area contributed by atoms with Crippen molar-refractivity contribution in [2.75, 3.05) is 20.8 Å². The quantitative estimate of drug-likeness (QED) is 0.798. The van der Waals surface area contributed by atoms with E-state index in [2.05, 4.69) is 10.4 Å². The minimum Gasteiger partial charge on any atom is -0.493 e. The lowest BCUT2D eigenvalue weighted by molar-refractivity contribution is 0.354. The lowest BCUT2D eigenvalue weighted by Crippen LogP contribution is -2.18. The topological polar surface area (TPSA) is 48.3 Å². The molecule has 5 nitrogen and oxygen atoms in total. The molecule has 1 N–H and O–H groups in total. The highest BCUT2D eigenvalue weighted by atomic mass is 35.5. The zero-order valence-corrected chi connectivity index (χ0v) is 13.3. The van der Waals surface area contributed by atoms with Crippen molar-refractivity contribution in [2.45, 2.75) is 13.0 Å². The van der Waals surface area contributed by atoms with Crippen LogP contribution in [0.5, 0.6) is 11.5 Å². The van der Waals surface area contributed by atoms with E-state index in [0.29, 0.717) is 23.1 Å². The van der Waals surface area contributed by atoms with Gasteiger partial charge in [0.2, 0.25) is 0 Å². The van der Waals surface area contributed by atoms with Gasteiger partial charge >= 0.3 is 0 Å². The summed E-state index contributed by atoms with van der Waals surface area (Å²) in [7, 11) is 5.13. The van der Waals surface area contributed by atoms with Crippen molar-refractivity contribution in [2.24, 2.45) is 7.05 Å². The largest absolute Gasteiger partial charge is 0.493 e. The third-order valence-corrected chi connectivity index (χ3v) is 3.78. The van der Waals surface area contributed by atoms with Crippen molar-refractivity contribution in [1.29, 1.82) is 0 Å². The summed E-state index contributed by atoms with van der Waals surface area (Å²) in [5.41, 5.74) is 2.18.